The molecule has 3 nitrogen and oxygen atoms in total. The van der Waals surface area contributed by atoms with Crippen LogP contribution < -0.4 is 4.74 Å². The standard InChI is InChI=1S/C18H13ClN2O/c1-11-7-14(8-12(2)18(11)19)22-17-9-13(10-20)15-5-3-4-6-16(15)21-17/h3-9H,1-2H3. The average molecular weight is 309 g/mol. The van der Waals surface area contributed by atoms with Crippen LogP contribution in [0.25, 0.3) is 10.9 Å². The van der Waals surface area contributed by atoms with Crippen molar-refractivity contribution in [1.82, 2.24) is 4.98 Å². The summed E-state index contributed by atoms with van der Waals surface area (Å²) >= 11 is 6.16. The highest BCUT2D eigenvalue weighted by atomic mass is 35.5. The zero-order chi connectivity index (χ0) is 15.7. The van der Waals surface area contributed by atoms with Crippen LogP contribution in [0.5, 0.6) is 11.6 Å². The van der Waals surface area contributed by atoms with Crippen LogP contribution in [0.2, 0.25) is 5.02 Å². The zero-order valence-corrected chi connectivity index (χ0v) is 13.0. The molecule has 3 rings (SSSR count). The number of nitriles is 1. The molecule has 0 bridgehead atoms. The monoisotopic (exact) mass is 308 g/mol. The lowest BCUT2D eigenvalue weighted by atomic mass is 10.1. The topological polar surface area (TPSA) is 45.9 Å². The van der Waals surface area contributed by atoms with Crippen molar-refractivity contribution in [1.29, 1.82) is 5.26 Å². The molecule has 0 radical (unpaired) electrons. The van der Waals surface area contributed by atoms with Gasteiger partial charge in [-0.25, -0.2) is 4.98 Å². The number of pyridine rings is 1. The number of aryl methyl sites for hydroxylation is 2. The minimum atomic E-state index is 0.399. The second-order valence-electron chi connectivity index (χ2n) is 5.11. The summed E-state index contributed by atoms with van der Waals surface area (Å²) in [5.74, 6) is 1.06. The fourth-order valence-corrected chi connectivity index (χ4v) is 2.49. The number of ether oxygens (including phenoxy) is 1. The van der Waals surface area contributed by atoms with E-state index in [4.69, 9.17) is 16.3 Å². The van der Waals surface area contributed by atoms with E-state index in [9.17, 15) is 5.26 Å². The molecule has 0 unspecified atom stereocenters. The molecule has 0 spiro atoms. The van der Waals surface area contributed by atoms with Gasteiger partial charge in [0.2, 0.25) is 5.88 Å². The Bertz CT molecular complexity index is 890. The van der Waals surface area contributed by atoms with Crippen molar-refractivity contribution >= 4 is 22.5 Å². The minimum Gasteiger partial charge on any atom is -0.439 e. The maximum Gasteiger partial charge on any atom is 0.221 e. The fraction of sp³-hybridized carbons (Fsp3) is 0.111. The fourth-order valence-electron chi connectivity index (χ4n) is 2.38. The van der Waals surface area contributed by atoms with Crippen LogP contribution in [0.4, 0.5) is 0 Å². The number of hydrogen-bond acceptors (Lipinski definition) is 3. The molecule has 22 heavy (non-hydrogen) atoms. The van der Waals surface area contributed by atoms with Crippen molar-refractivity contribution in [2.24, 2.45) is 0 Å². The van der Waals surface area contributed by atoms with E-state index in [1.165, 1.54) is 0 Å². The van der Waals surface area contributed by atoms with Crippen LogP contribution in [0.1, 0.15) is 16.7 Å². The Morgan fingerprint density at radius 3 is 2.45 bits per heavy atom. The molecule has 0 aliphatic rings. The van der Waals surface area contributed by atoms with E-state index in [0.29, 0.717) is 17.2 Å². The number of para-hydroxylation sites is 1. The molecule has 0 saturated heterocycles. The maximum absolute atomic E-state index is 9.30. The van der Waals surface area contributed by atoms with Crippen LogP contribution in [-0.2, 0) is 0 Å². The molecule has 0 atom stereocenters. The van der Waals surface area contributed by atoms with Crippen molar-refractivity contribution in [2.45, 2.75) is 13.8 Å². The molecule has 1 aromatic heterocycles. The Labute approximate surface area is 133 Å². The average Bonchev–Trinajstić information content (AvgIpc) is 2.51. The summed E-state index contributed by atoms with van der Waals surface area (Å²) in [4.78, 5) is 4.45. The first-order valence-electron chi connectivity index (χ1n) is 6.83. The normalized spacial score (nSPS) is 10.5. The van der Waals surface area contributed by atoms with Crippen LogP contribution in [0.15, 0.2) is 42.5 Å². The molecule has 0 fully saturated rings. The summed E-state index contributed by atoms with van der Waals surface area (Å²) in [6.45, 7) is 3.85. The Morgan fingerprint density at radius 1 is 1.09 bits per heavy atom. The first-order valence-corrected chi connectivity index (χ1v) is 7.21. The summed E-state index contributed by atoms with van der Waals surface area (Å²) in [6.07, 6.45) is 0. The van der Waals surface area contributed by atoms with Gasteiger partial charge in [0, 0.05) is 16.5 Å². The number of benzene rings is 2. The molecule has 0 aliphatic heterocycles. The van der Waals surface area contributed by atoms with E-state index < -0.39 is 0 Å². The second kappa shape index (κ2) is 5.67. The number of fused-ring (bicyclic) bond motifs is 1. The van der Waals surface area contributed by atoms with Gasteiger partial charge in [-0.05, 0) is 43.2 Å². The molecular weight excluding hydrogens is 296 g/mol. The van der Waals surface area contributed by atoms with Gasteiger partial charge in [-0.15, -0.1) is 0 Å². The van der Waals surface area contributed by atoms with Gasteiger partial charge in [-0.3, -0.25) is 0 Å². The highest BCUT2D eigenvalue weighted by Gasteiger charge is 2.09. The molecule has 3 aromatic rings. The lowest BCUT2D eigenvalue weighted by Gasteiger charge is -2.10. The van der Waals surface area contributed by atoms with E-state index in [0.717, 1.165) is 27.1 Å². The van der Waals surface area contributed by atoms with E-state index in [-0.39, 0.29) is 0 Å². The third-order valence-corrected chi connectivity index (χ3v) is 4.04. The molecule has 0 aliphatic carbocycles. The van der Waals surface area contributed by atoms with Gasteiger partial charge >= 0.3 is 0 Å². The molecular formula is C18H13ClN2O. The van der Waals surface area contributed by atoms with E-state index in [2.05, 4.69) is 11.1 Å². The van der Waals surface area contributed by atoms with Gasteiger partial charge in [-0.2, -0.15) is 5.26 Å². The summed E-state index contributed by atoms with van der Waals surface area (Å²) < 4.78 is 5.82. The highest BCUT2D eigenvalue weighted by molar-refractivity contribution is 6.32. The molecule has 108 valence electrons. The summed E-state index contributed by atoms with van der Waals surface area (Å²) in [6, 6.07) is 15.1. The van der Waals surface area contributed by atoms with E-state index in [1.54, 1.807) is 6.07 Å². The van der Waals surface area contributed by atoms with Crippen LogP contribution in [-0.4, -0.2) is 4.98 Å². The van der Waals surface area contributed by atoms with Crippen molar-refractivity contribution in [2.75, 3.05) is 0 Å². The molecule has 0 amide bonds. The van der Waals surface area contributed by atoms with Gasteiger partial charge in [0.1, 0.15) is 11.8 Å². The first kappa shape index (κ1) is 14.4. The van der Waals surface area contributed by atoms with Gasteiger partial charge in [0.05, 0.1) is 11.1 Å². The lowest BCUT2D eigenvalue weighted by molar-refractivity contribution is 0.464. The summed E-state index contributed by atoms with van der Waals surface area (Å²) in [5, 5.41) is 10.9. The van der Waals surface area contributed by atoms with Crippen LogP contribution in [0, 0.1) is 25.2 Å². The third kappa shape index (κ3) is 2.61. The van der Waals surface area contributed by atoms with Crippen molar-refractivity contribution in [3.8, 4) is 17.7 Å². The first-order chi connectivity index (χ1) is 10.6. The number of aromatic nitrogens is 1. The maximum atomic E-state index is 9.30. The Morgan fingerprint density at radius 2 is 1.77 bits per heavy atom. The molecule has 0 N–H and O–H groups in total. The lowest BCUT2D eigenvalue weighted by Crippen LogP contribution is -1.93. The molecule has 1 heterocycles. The van der Waals surface area contributed by atoms with Gasteiger partial charge in [0.25, 0.3) is 0 Å². The summed E-state index contributed by atoms with van der Waals surface area (Å²) in [7, 11) is 0. The number of halogens is 1. The second-order valence-corrected chi connectivity index (χ2v) is 5.49. The quantitative estimate of drug-likeness (QED) is 0.656. The van der Waals surface area contributed by atoms with Crippen molar-refractivity contribution in [3.05, 3.63) is 64.2 Å². The summed E-state index contributed by atoms with van der Waals surface area (Å²) in [5.41, 5.74) is 3.16. The smallest absolute Gasteiger partial charge is 0.221 e. The van der Waals surface area contributed by atoms with Crippen LogP contribution in [0.3, 0.4) is 0 Å². The van der Waals surface area contributed by atoms with Gasteiger partial charge in [-0.1, -0.05) is 29.8 Å². The van der Waals surface area contributed by atoms with Gasteiger partial charge in [0.15, 0.2) is 0 Å². The molecule has 2 aromatic carbocycles. The van der Waals surface area contributed by atoms with Gasteiger partial charge < -0.3 is 4.74 Å². The van der Waals surface area contributed by atoms with Crippen molar-refractivity contribution in [3.63, 3.8) is 0 Å². The van der Waals surface area contributed by atoms with E-state index in [1.807, 2.05) is 50.2 Å². The number of hydrogen-bond donors (Lipinski definition) is 0. The van der Waals surface area contributed by atoms with E-state index >= 15 is 0 Å². The highest BCUT2D eigenvalue weighted by Crippen LogP contribution is 2.30. The Hall–Kier alpha value is -2.57. The predicted octanol–water partition coefficient (Wildman–Crippen LogP) is 5.17. The molecule has 4 heteroatoms. The number of nitrogens with zero attached hydrogens (tertiary/aromatic N) is 2. The number of rotatable bonds is 2. The Kier molecular flexibility index (Phi) is 3.70. The SMILES string of the molecule is Cc1cc(Oc2cc(C#N)c3ccccc3n2)cc(C)c1Cl. The zero-order valence-electron chi connectivity index (χ0n) is 12.2. The minimum absolute atomic E-state index is 0.399. The predicted molar refractivity (Wildman–Crippen MR) is 87.5 cm³/mol. The largest absolute Gasteiger partial charge is 0.439 e. The van der Waals surface area contributed by atoms with Crippen LogP contribution >= 0.6 is 11.6 Å². The third-order valence-electron chi connectivity index (χ3n) is 3.45. The van der Waals surface area contributed by atoms with Crippen molar-refractivity contribution < 1.29 is 4.74 Å². The molecule has 0 saturated carbocycles. The Balaban J connectivity index is 2.06.